The molecular weight excluding hydrogens is 1530 g/mol. The zero-order chi connectivity index (χ0) is 86.2. The number of carbonyl (C=O) groups excluding carboxylic acids is 15. The Labute approximate surface area is 656 Å². The number of nitrogens with one attached hydrogen (secondary N) is 17. The van der Waals surface area contributed by atoms with Crippen LogP contribution >= 0.6 is 11.8 Å². The number of aliphatic hydroxyl groups is 2. The van der Waals surface area contributed by atoms with Gasteiger partial charge in [0.1, 0.15) is 84.6 Å². The first-order chi connectivity index (χ1) is 53.5. The summed E-state index contributed by atoms with van der Waals surface area (Å²) in [6, 6.07) is -16.7. The lowest BCUT2D eigenvalue weighted by atomic mass is 10.0. The number of imidazole rings is 1. The number of nitrogens with two attached hydrogens (primary N) is 3. The molecule has 1 aromatic heterocycles. The van der Waals surface area contributed by atoms with Gasteiger partial charge in [-0.15, -0.1) is 0 Å². The van der Waals surface area contributed by atoms with Crippen molar-refractivity contribution in [3.05, 3.63) is 54.1 Å². The third kappa shape index (κ3) is 36.8. The van der Waals surface area contributed by atoms with Crippen molar-refractivity contribution in [3.8, 4) is 0 Å². The van der Waals surface area contributed by atoms with Crippen LogP contribution in [0, 0.1) is 5.41 Å². The number of H-pyrrole nitrogens is 1. The van der Waals surface area contributed by atoms with Gasteiger partial charge in [0.2, 0.25) is 88.6 Å². The number of benzene rings is 1. The maximum absolute atomic E-state index is 14.6. The SMILES string of the molecule is CSCC[C@H](NC(=O)[C@H](Cc1c[nH]cn1)NC(=O)[C@H](CCC(N)=O)NC(=O)[C@H](CCCNC(=N)N)NC(=O)[C@H](CCC(=O)O)NC(=O)[C@H](Cc1ccccc1)NC(=O)[C@H](C)NC(=O)[C@H](C)NC(=O)[C@H](C)NC(=O)[C@H](C)NC(=O)[C@@H](NC(=O)[C@H](CCC(=O)O)NC(=O)[C@H](C)N)[C@@H](C)O)C(=O)N[C@@H](CC(=O)O)C(=O)N[C@@H](CO)C(=O)O. The number of carboxylic acid groups (broad SMARTS) is 4. The third-order valence-corrected chi connectivity index (χ3v) is 17.2. The summed E-state index contributed by atoms with van der Waals surface area (Å²) in [6.07, 6.45) is -3.75. The van der Waals surface area contributed by atoms with Crippen LogP contribution in [-0.4, -0.2) is 281 Å². The van der Waals surface area contributed by atoms with Gasteiger partial charge in [-0.2, -0.15) is 11.8 Å². The van der Waals surface area contributed by atoms with Crippen LogP contribution in [0.25, 0.3) is 0 Å². The third-order valence-electron chi connectivity index (χ3n) is 16.5. The molecule has 2 rings (SSSR count). The molecule has 0 fully saturated rings. The second-order valence-corrected chi connectivity index (χ2v) is 27.2. The van der Waals surface area contributed by atoms with Crippen LogP contribution in [0.4, 0.5) is 0 Å². The number of guanidine groups is 1. The predicted octanol–water partition coefficient (Wildman–Crippen LogP) is -9.65. The maximum Gasteiger partial charge on any atom is 0.328 e. The van der Waals surface area contributed by atoms with Crippen LogP contribution in [0.15, 0.2) is 42.9 Å². The molecule has 2 aromatic rings. The number of primary amides is 1. The highest BCUT2D eigenvalue weighted by atomic mass is 32.2. The summed E-state index contributed by atoms with van der Waals surface area (Å²) in [6.45, 7) is 5.92. The minimum Gasteiger partial charge on any atom is -0.481 e. The normalized spacial score (nSPS) is 15.1. The van der Waals surface area contributed by atoms with Gasteiger partial charge in [0.05, 0.1) is 37.2 Å². The molecule has 114 heavy (non-hydrogen) atoms. The van der Waals surface area contributed by atoms with E-state index in [-0.39, 0.29) is 43.7 Å². The highest BCUT2D eigenvalue weighted by molar-refractivity contribution is 7.98. The van der Waals surface area contributed by atoms with Crippen LogP contribution in [-0.2, 0) is 104 Å². The fourth-order valence-electron chi connectivity index (χ4n) is 10.1. The van der Waals surface area contributed by atoms with E-state index in [1.807, 2.05) is 5.32 Å². The number of rotatable bonds is 53. The number of thioether (sulfide) groups is 1. The van der Waals surface area contributed by atoms with E-state index in [0.29, 0.717) is 5.56 Å². The van der Waals surface area contributed by atoms with Gasteiger partial charge in [-0.05, 0) is 97.6 Å². The summed E-state index contributed by atoms with van der Waals surface area (Å²) in [5.74, 6) is -22.8. The number of carboxylic acids is 4. The zero-order valence-electron chi connectivity index (χ0n) is 63.4. The van der Waals surface area contributed by atoms with Crippen LogP contribution in [0.2, 0.25) is 0 Å². The smallest absolute Gasteiger partial charge is 0.328 e. The van der Waals surface area contributed by atoms with Crippen molar-refractivity contribution in [2.24, 2.45) is 17.2 Å². The molecule has 46 nitrogen and oxygen atoms in total. The van der Waals surface area contributed by atoms with E-state index in [2.05, 4.69) is 84.4 Å². The molecule has 0 unspecified atom stereocenters. The molecule has 0 aliphatic rings. The van der Waals surface area contributed by atoms with E-state index < -0.39 is 273 Å². The van der Waals surface area contributed by atoms with Gasteiger partial charge in [-0.25, -0.2) is 9.78 Å². The lowest BCUT2D eigenvalue weighted by Crippen LogP contribution is -2.61. The number of carbonyl (C=O) groups is 19. The molecular formula is C67H103N21O25S. The lowest BCUT2D eigenvalue weighted by molar-refractivity contribution is -0.144. The average Bonchev–Trinajstić information content (AvgIpc) is 0.985. The molecule has 15 amide bonds. The first-order valence-corrected chi connectivity index (χ1v) is 36.9. The highest BCUT2D eigenvalue weighted by Gasteiger charge is 2.38. The second-order valence-electron chi connectivity index (χ2n) is 26.2. The molecule has 47 heteroatoms. The molecule has 1 heterocycles. The number of nitrogens with zero attached hydrogens (tertiary/aromatic N) is 1. The maximum atomic E-state index is 14.6. The standard InChI is InChI=1S/C67H103N21O25S/c1-30(68)52(98)79-41(17-20-49(94)95)61(107)88-51(35(6)90)65(111)78-33(4)55(101)76-31(2)53(99)75-32(3)54(100)77-34(5)56(102)84-43(24-36-12-9-8-10-13-36)62(108)82-40(16-19-48(92)93)58(104)80-38(14-11-22-73-67(70)71)57(103)81-39(15-18-47(69)91)59(105)85-44(25-37-27-72-29-74-37)63(109)83-42(21-23-114-7)60(106)86-45(26-50(96)97)64(110)87-46(28-89)66(112)113/h8-10,12-13,27,29-35,38-46,51,89-90H,11,14-26,28,68H2,1-7H3,(H2,69,91)(H,72,74)(H,75,99)(H,76,101)(H,77,100)(H,78,111)(H,79,98)(H,80,104)(H,81,103)(H,82,108)(H,83,109)(H,84,102)(H,85,105)(H,86,106)(H,87,110)(H,88,107)(H,92,93)(H,94,95)(H,96,97)(H,112,113)(H4,70,71,73)/t30-,31-,32-,33-,34-,35+,38-,39-,40-,41-,42-,43-,44-,45-,46-,51-/m0/s1. The number of aromatic amines is 1. The van der Waals surface area contributed by atoms with Crippen LogP contribution < -0.4 is 97.0 Å². The molecule has 0 aliphatic carbocycles. The second kappa shape index (κ2) is 50.0. The van der Waals surface area contributed by atoms with Crippen molar-refractivity contribution in [1.29, 1.82) is 5.41 Å². The van der Waals surface area contributed by atoms with Gasteiger partial charge in [-0.3, -0.25) is 91.7 Å². The van der Waals surface area contributed by atoms with Crippen LogP contribution in [0.1, 0.15) is 117 Å². The Kier molecular flexibility index (Phi) is 42.9. The summed E-state index contributed by atoms with van der Waals surface area (Å²) in [5, 5.41) is 100. The summed E-state index contributed by atoms with van der Waals surface area (Å²) < 4.78 is 0. The van der Waals surface area contributed by atoms with Gasteiger partial charge in [0, 0.05) is 44.8 Å². The van der Waals surface area contributed by atoms with Crippen molar-refractivity contribution >= 4 is 130 Å². The molecule has 0 radical (unpaired) electrons. The Hall–Kier alpha value is -12.1. The summed E-state index contributed by atoms with van der Waals surface area (Å²) in [7, 11) is 0. The van der Waals surface area contributed by atoms with Gasteiger partial charge < -0.3 is 133 Å². The highest BCUT2D eigenvalue weighted by Crippen LogP contribution is 2.13. The minimum atomic E-state index is -1.96. The average molecular weight is 1630 g/mol. The van der Waals surface area contributed by atoms with E-state index in [0.717, 1.165) is 6.92 Å². The Balaban J connectivity index is 2.45. The Bertz CT molecular complexity index is 3710. The van der Waals surface area contributed by atoms with Crippen LogP contribution in [0.5, 0.6) is 0 Å². The van der Waals surface area contributed by atoms with E-state index in [1.165, 1.54) is 58.9 Å². The Morgan fingerprint density at radius 2 is 0.833 bits per heavy atom. The first kappa shape index (κ1) is 97.9. The molecule has 0 saturated carbocycles. The van der Waals surface area contributed by atoms with Crippen molar-refractivity contribution in [1.82, 2.24) is 89.7 Å². The van der Waals surface area contributed by atoms with E-state index in [9.17, 15) is 117 Å². The molecule has 0 spiro atoms. The largest absolute Gasteiger partial charge is 0.481 e. The first-order valence-electron chi connectivity index (χ1n) is 35.5. The molecule has 16 atom stereocenters. The molecule has 29 N–H and O–H groups in total. The fourth-order valence-corrected chi connectivity index (χ4v) is 10.6. The summed E-state index contributed by atoms with van der Waals surface area (Å²) >= 11 is 1.19. The number of hydrogen-bond donors (Lipinski definition) is 26. The van der Waals surface area contributed by atoms with E-state index in [1.54, 1.807) is 36.6 Å². The predicted molar refractivity (Wildman–Crippen MR) is 399 cm³/mol. The zero-order valence-corrected chi connectivity index (χ0v) is 64.2. The van der Waals surface area contributed by atoms with Gasteiger partial charge in [0.25, 0.3) is 0 Å². The lowest BCUT2D eigenvalue weighted by Gasteiger charge is -2.28. The topological polar surface area (TPSA) is 757 Å². The van der Waals surface area contributed by atoms with Gasteiger partial charge >= 0.3 is 23.9 Å². The molecule has 0 bridgehead atoms. The van der Waals surface area contributed by atoms with Crippen LogP contribution in [0.3, 0.4) is 0 Å². The van der Waals surface area contributed by atoms with Gasteiger partial charge in [0.15, 0.2) is 5.96 Å². The van der Waals surface area contributed by atoms with E-state index in [4.69, 9.17) is 27.7 Å². The number of aliphatic carboxylic acids is 4. The fraction of sp³-hybridized carbons (Fsp3) is 0.567. The van der Waals surface area contributed by atoms with Gasteiger partial charge in [-0.1, -0.05) is 30.3 Å². The monoisotopic (exact) mass is 1630 g/mol. The van der Waals surface area contributed by atoms with Crippen molar-refractivity contribution in [2.75, 3.05) is 25.2 Å². The Morgan fingerprint density at radius 3 is 1.24 bits per heavy atom. The number of hydrogen-bond acceptors (Lipinski definition) is 25. The number of aromatic nitrogens is 2. The summed E-state index contributed by atoms with van der Waals surface area (Å²) in [4.78, 5) is 258. The Morgan fingerprint density at radius 1 is 0.456 bits per heavy atom. The number of amides is 15. The molecule has 0 saturated heterocycles. The molecule has 0 aliphatic heterocycles. The van der Waals surface area contributed by atoms with Crippen molar-refractivity contribution in [3.63, 3.8) is 0 Å². The number of aliphatic hydroxyl groups excluding tert-OH is 2. The molecule has 1 aromatic carbocycles. The minimum absolute atomic E-state index is 0.0963. The van der Waals surface area contributed by atoms with Crippen molar-refractivity contribution in [2.45, 2.75) is 215 Å². The quantitative estimate of drug-likeness (QED) is 0.0166. The van der Waals surface area contributed by atoms with E-state index >= 15 is 0 Å². The molecule has 632 valence electrons. The van der Waals surface area contributed by atoms with Crippen molar-refractivity contribution < 1.29 is 122 Å². The summed E-state index contributed by atoms with van der Waals surface area (Å²) in [5.41, 5.74) is 17.1.